The lowest BCUT2D eigenvalue weighted by molar-refractivity contribution is -0.133. The van der Waals surface area contributed by atoms with Crippen molar-refractivity contribution in [1.82, 2.24) is 0 Å². The predicted octanol–water partition coefficient (Wildman–Crippen LogP) is 3.09. The molecule has 0 unspecified atom stereocenters. The van der Waals surface area contributed by atoms with Gasteiger partial charge in [0.15, 0.2) is 5.78 Å². The maximum Gasteiger partial charge on any atom is 0.308 e. The van der Waals surface area contributed by atoms with Crippen molar-refractivity contribution in [3.63, 3.8) is 0 Å². The Morgan fingerprint density at radius 1 is 0.788 bits per heavy atom. The Bertz CT molecular complexity index is 1130. The van der Waals surface area contributed by atoms with E-state index in [1.54, 1.807) is 0 Å². The Morgan fingerprint density at radius 2 is 1.30 bits per heavy atom. The minimum absolute atomic E-state index is 0.0144. The maximum atomic E-state index is 13.1. The third-order valence-corrected chi connectivity index (χ3v) is 4.33. The van der Waals surface area contributed by atoms with E-state index in [2.05, 4.69) is 0 Å². The Morgan fingerprint density at radius 3 is 1.82 bits per heavy atom. The first kappa shape index (κ1) is 23.5. The number of hydrogen-bond acceptors (Lipinski definition) is 10. The number of esters is 4. The highest BCUT2D eigenvalue weighted by atomic mass is 16.6. The molecule has 1 aliphatic rings. The molecule has 1 aliphatic heterocycles. The summed E-state index contributed by atoms with van der Waals surface area (Å²) in [6.45, 7) is 4.73. The highest BCUT2D eigenvalue weighted by molar-refractivity contribution is 6.03. The van der Waals surface area contributed by atoms with Crippen LogP contribution in [0.3, 0.4) is 0 Å². The van der Waals surface area contributed by atoms with Crippen LogP contribution >= 0.6 is 0 Å². The van der Waals surface area contributed by atoms with Crippen LogP contribution < -0.4 is 23.7 Å². The largest absolute Gasteiger partial charge is 0.484 e. The van der Waals surface area contributed by atoms with Gasteiger partial charge in [-0.25, -0.2) is 0 Å². The quantitative estimate of drug-likeness (QED) is 0.488. The summed E-state index contributed by atoms with van der Waals surface area (Å²) in [4.78, 5) is 59.3. The van der Waals surface area contributed by atoms with Gasteiger partial charge < -0.3 is 23.7 Å². The number of ether oxygens (including phenoxy) is 5. The third-order valence-electron chi connectivity index (χ3n) is 4.33. The van der Waals surface area contributed by atoms with Crippen LogP contribution in [0.2, 0.25) is 0 Å². The molecule has 0 saturated carbocycles. The minimum Gasteiger partial charge on any atom is -0.484 e. The van der Waals surface area contributed by atoms with Crippen molar-refractivity contribution in [3.8, 4) is 28.7 Å². The number of ketones is 1. The second-order valence-corrected chi connectivity index (χ2v) is 7.07. The molecule has 0 spiro atoms. The zero-order valence-electron chi connectivity index (χ0n) is 18.3. The van der Waals surface area contributed by atoms with Crippen molar-refractivity contribution in [2.24, 2.45) is 0 Å². The molecule has 2 aromatic rings. The van der Waals surface area contributed by atoms with Crippen molar-refractivity contribution in [1.29, 1.82) is 0 Å². The summed E-state index contributed by atoms with van der Waals surface area (Å²) >= 11 is 0. The molecule has 2 aromatic carbocycles. The van der Waals surface area contributed by atoms with Gasteiger partial charge in [-0.1, -0.05) is 6.07 Å². The monoisotopic (exact) mass is 456 g/mol. The molecule has 1 heterocycles. The maximum absolute atomic E-state index is 13.1. The molecule has 172 valence electrons. The number of carbonyl (C=O) groups excluding carboxylic acids is 5. The normalized spacial score (nSPS) is 14.4. The van der Waals surface area contributed by atoms with E-state index in [1.807, 2.05) is 0 Å². The molecule has 0 bridgehead atoms. The van der Waals surface area contributed by atoms with Crippen LogP contribution in [0.5, 0.6) is 28.7 Å². The highest BCUT2D eigenvalue weighted by Gasteiger charge is 2.35. The summed E-state index contributed by atoms with van der Waals surface area (Å²) in [6, 6.07) is 6.98. The van der Waals surface area contributed by atoms with Crippen LogP contribution in [0.4, 0.5) is 0 Å². The Hall–Kier alpha value is -4.21. The van der Waals surface area contributed by atoms with Gasteiger partial charge in [0.1, 0.15) is 40.4 Å². The predicted molar refractivity (Wildman–Crippen MR) is 110 cm³/mol. The molecule has 0 aliphatic carbocycles. The SMILES string of the molecule is CC(=O)Oc1cc(OC(C)=O)c2c(c1)O[C@H](c1c(OC(C)=O)cccc1OC(C)=O)CC2=O. The van der Waals surface area contributed by atoms with Gasteiger partial charge in [-0.3, -0.25) is 24.0 Å². The van der Waals surface area contributed by atoms with Crippen molar-refractivity contribution >= 4 is 29.7 Å². The molecule has 3 rings (SSSR count). The van der Waals surface area contributed by atoms with E-state index in [1.165, 1.54) is 51.1 Å². The van der Waals surface area contributed by atoms with Crippen LogP contribution in [0.25, 0.3) is 0 Å². The summed E-state index contributed by atoms with van der Waals surface area (Å²) in [6.07, 6.45) is -1.28. The Labute approximate surface area is 188 Å². The zero-order chi connectivity index (χ0) is 24.3. The smallest absolute Gasteiger partial charge is 0.308 e. The van der Waals surface area contributed by atoms with E-state index in [0.717, 1.165) is 6.92 Å². The molecule has 10 nitrogen and oxygen atoms in total. The Balaban J connectivity index is 2.13. The average molecular weight is 456 g/mol. The number of carbonyl (C=O) groups is 5. The second-order valence-electron chi connectivity index (χ2n) is 7.07. The zero-order valence-corrected chi connectivity index (χ0v) is 18.3. The molecule has 33 heavy (non-hydrogen) atoms. The molecule has 0 fully saturated rings. The lowest BCUT2D eigenvalue weighted by atomic mass is 9.94. The number of Topliss-reactive ketones (excluding diaryl/α,β-unsaturated/α-hetero) is 1. The van der Waals surface area contributed by atoms with Crippen molar-refractivity contribution < 1.29 is 47.7 Å². The van der Waals surface area contributed by atoms with E-state index >= 15 is 0 Å². The molecular formula is C23H20O10. The van der Waals surface area contributed by atoms with Gasteiger partial charge >= 0.3 is 23.9 Å². The van der Waals surface area contributed by atoms with Gasteiger partial charge in [-0.05, 0) is 12.1 Å². The van der Waals surface area contributed by atoms with Crippen LogP contribution in [0, 0.1) is 0 Å². The summed E-state index contributed by atoms with van der Waals surface area (Å²) in [5.41, 5.74) is 0.144. The molecule has 0 N–H and O–H groups in total. The van der Waals surface area contributed by atoms with Gasteiger partial charge in [0.25, 0.3) is 0 Å². The van der Waals surface area contributed by atoms with Gasteiger partial charge in [0, 0.05) is 39.8 Å². The lowest BCUT2D eigenvalue weighted by Gasteiger charge is -2.28. The van der Waals surface area contributed by atoms with Crippen LogP contribution in [0.1, 0.15) is 56.1 Å². The topological polar surface area (TPSA) is 132 Å². The average Bonchev–Trinajstić information content (AvgIpc) is 2.65. The first-order chi connectivity index (χ1) is 15.5. The Kier molecular flexibility index (Phi) is 6.76. The van der Waals surface area contributed by atoms with E-state index in [-0.39, 0.29) is 46.3 Å². The van der Waals surface area contributed by atoms with Crippen molar-refractivity contribution in [3.05, 3.63) is 41.5 Å². The highest BCUT2D eigenvalue weighted by Crippen LogP contribution is 2.46. The molecule has 0 saturated heterocycles. The van der Waals surface area contributed by atoms with Gasteiger partial charge in [-0.15, -0.1) is 0 Å². The molecule has 0 aromatic heterocycles. The third kappa shape index (κ3) is 5.53. The summed E-state index contributed by atoms with van der Waals surface area (Å²) < 4.78 is 26.7. The summed E-state index contributed by atoms with van der Waals surface area (Å²) in [5, 5.41) is 0. The minimum atomic E-state index is -1.03. The summed E-state index contributed by atoms with van der Waals surface area (Å²) in [5.74, 6) is -3.15. The molecular weight excluding hydrogens is 436 g/mol. The number of fused-ring (bicyclic) bond motifs is 1. The van der Waals surface area contributed by atoms with Crippen LogP contribution in [-0.2, 0) is 19.2 Å². The first-order valence-corrected chi connectivity index (χ1v) is 9.79. The van der Waals surface area contributed by atoms with Crippen molar-refractivity contribution in [2.75, 3.05) is 0 Å². The van der Waals surface area contributed by atoms with Crippen LogP contribution in [0.15, 0.2) is 30.3 Å². The van der Waals surface area contributed by atoms with E-state index < -0.39 is 35.8 Å². The van der Waals surface area contributed by atoms with E-state index in [4.69, 9.17) is 23.7 Å². The second kappa shape index (κ2) is 9.51. The molecule has 0 amide bonds. The fourth-order valence-corrected chi connectivity index (χ4v) is 3.35. The summed E-state index contributed by atoms with van der Waals surface area (Å²) in [7, 11) is 0. The van der Waals surface area contributed by atoms with Gasteiger partial charge in [0.05, 0.1) is 12.0 Å². The fourth-order valence-electron chi connectivity index (χ4n) is 3.35. The van der Waals surface area contributed by atoms with E-state index in [0.29, 0.717) is 0 Å². The lowest BCUT2D eigenvalue weighted by Crippen LogP contribution is -2.23. The van der Waals surface area contributed by atoms with E-state index in [9.17, 15) is 24.0 Å². The number of hydrogen-bond donors (Lipinski definition) is 0. The number of rotatable bonds is 5. The molecule has 10 heteroatoms. The molecule has 0 radical (unpaired) electrons. The van der Waals surface area contributed by atoms with Crippen molar-refractivity contribution in [2.45, 2.75) is 40.2 Å². The standard InChI is InChI=1S/C23H20O10/c1-11(24)29-15-8-19(32-14(4)27)22-16(28)10-21(33-20(22)9-15)23-17(30-12(2)25)6-5-7-18(23)31-13(3)26/h5-9,21H,10H2,1-4H3/t21-/m0/s1. The van der Waals surface area contributed by atoms with Gasteiger partial charge in [0.2, 0.25) is 0 Å². The fraction of sp³-hybridized carbons (Fsp3) is 0.261. The molecule has 1 atom stereocenters. The van der Waals surface area contributed by atoms with Gasteiger partial charge in [-0.2, -0.15) is 0 Å². The first-order valence-electron chi connectivity index (χ1n) is 9.79. The van der Waals surface area contributed by atoms with Crippen LogP contribution in [-0.4, -0.2) is 29.7 Å². The number of benzene rings is 2.